The summed E-state index contributed by atoms with van der Waals surface area (Å²) in [5.41, 5.74) is 13.1. The van der Waals surface area contributed by atoms with Crippen molar-refractivity contribution in [3.8, 4) is 0 Å². The smallest absolute Gasteiger partial charge is 0.245 e. The topological polar surface area (TPSA) is 65.8 Å². The van der Waals surface area contributed by atoms with Gasteiger partial charge < -0.3 is 0 Å². The highest BCUT2D eigenvalue weighted by Gasteiger charge is 2.05. The molecule has 0 bridgehead atoms. The number of benzene rings is 2. The van der Waals surface area contributed by atoms with Gasteiger partial charge in [-0.1, -0.05) is 47.5 Å². The molecular formula is C21H26N4O. The molecule has 0 aliphatic rings. The van der Waals surface area contributed by atoms with Crippen LogP contribution in [0.5, 0.6) is 0 Å². The van der Waals surface area contributed by atoms with Crippen LogP contribution < -0.4 is 10.9 Å². The van der Waals surface area contributed by atoms with Gasteiger partial charge in [-0.3, -0.25) is 0 Å². The molecule has 136 valence electrons. The van der Waals surface area contributed by atoms with E-state index in [2.05, 4.69) is 33.2 Å². The van der Waals surface area contributed by atoms with Crippen molar-refractivity contribution in [2.45, 2.75) is 41.5 Å². The molecule has 0 spiro atoms. The zero-order chi connectivity index (χ0) is 19.3. The summed E-state index contributed by atoms with van der Waals surface area (Å²) < 4.78 is 0. The number of hydrogen-bond acceptors (Lipinski definition) is 3. The molecule has 5 heteroatoms. The minimum atomic E-state index is -0.474. The lowest BCUT2D eigenvalue weighted by Gasteiger charge is -2.08. The molecule has 2 aromatic rings. The summed E-state index contributed by atoms with van der Waals surface area (Å²) in [7, 11) is 0. The van der Waals surface area contributed by atoms with Crippen molar-refractivity contribution >= 4 is 17.5 Å². The fraction of sp³-hybridized carbons (Fsp3) is 0.286. The Hall–Kier alpha value is -2.95. The second-order valence-corrected chi connectivity index (χ2v) is 6.58. The van der Waals surface area contributed by atoms with Crippen molar-refractivity contribution in [1.82, 2.24) is 10.9 Å². The Morgan fingerprint density at radius 3 is 1.46 bits per heavy atom. The lowest BCUT2D eigenvalue weighted by atomic mass is 10.0. The maximum atomic E-state index is 12.0. The normalized spacial score (nSPS) is 12.1. The van der Waals surface area contributed by atoms with E-state index in [4.69, 9.17) is 0 Å². The van der Waals surface area contributed by atoms with Crippen LogP contribution in [0.25, 0.3) is 0 Å². The second kappa shape index (κ2) is 8.43. The van der Waals surface area contributed by atoms with Crippen molar-refractivity contribution in [1.29, 1.82) is 0 Å². The van der Waals surface area contributed by atoms with Gasteiger partial charge in [0.1, 0.15) is 0 Å². The highest BCUT2D eigenvalue weighted by Crippen LogP contribution is 2.12. The van der Waals surface area contributed by atoms with Gasteiger partial charge in [0.05, 0.1) is 11.4 Å². The molecule has 2 aromatic carbocycles. The largest absolute Gasteiger partial charge is 0.355 e. The summed E-state index contributed by atoms with van der Waals surface area (Å²) in [4.78, 5) is 12.0. The van der Waals surface area contributed by atoms with Crippen molar-refractivity contribution < 1.29 is 4.79 Å². The molecule has 0 aliphatic heterocycles. The number of nitrogens with zero attached hydrogens (tertiary/aromatic N) is 2. The molecule has 2 N–H and O–H groups in total. The second-order valence-electron chi connectivity index (χ2n) is 6.58. The van der Waals surface area contributed by atoms with E-state index in [0.717, 1.165) is 33.7 Å². The van der Waals surface area contributed by atoms with Crippen molar-refractivity contribution in [3.05, 3.63) is 69.8 Å². The van der Waals surface area contributed by atoms with Gasteiger partial charge in [-0.05, 0) is 52.7 Å². The average Bonchev–Trinajstić information content (AvgIpc) is 2.57. The Morgan fingerprint density at radius 2 is 1.12 bits per heavy atom. The molecule has 2 rings (SSSR count). The standard InChI is InChI=1S/C21H26N4O/c1-13-7-9-19(15(3)11-13)17(5)22-24-21(26)25-23-18(6)20-10-8-14(2)12-16(20)4/h7-12H,1-6H3,(H2,24,25,26)/b22-17+,23-18+. The zero-order valence-corrected chi connectivity index (χ0v) is 16.3. The first-order valence-corrected chi connectivity index (χ1v) is 8.57. The van der Waals surface area contributed by atoms with E-state index in [1.54, 1.807) is 0 Å². The van der Waals surface area contributed by atoms with E-state index >= 15 is 0 Å². The van der Waals surface area contributed by atoms with E-state index in [0.29, 0.717) is 0 Å². The van der Waals surface area contributed by atoms with Crippen molar-refractivity contribution in [2.75, 3.05) is 0 Å². The predicted molar refractivity (Wildman–Crippen MR) is 108 cm³/mol. The van der Waals surface area contributed by atoms with E-state index in [-0.39, 0.29) is 0 Å². The third-order valence-corrected chi connectivity index (χ3v) is 4.19. The van der Waals surface area contributed by atoms with Crippen LogP contribution in [0, 0.1) is 27.7 Å². The fourth-order valence-corrected chi connectivity index (χ4v) is 2.85. The third-order valence-electron chi connectivity index (χ3n) is 4.19. The molecule has 0 saturated carbocycles. The van der Waals surface area contributed by atoms with Gasteiger partial charge in [-0.15, -0.1) is 0 Å². The van der Waals surface area contributed by atoms with Crippen LogP contribution in [0.3, 0.4) is 0 Å². The number of urea groups is 1. The number of carbonyl (C=O) groups excluding carboxylic acids is 1. The van der Waals surface area contributed by atoms with Crippen molar-refractivity contribution in [2.24, 2.45) is 10.2 Å². The van der Waals surface area contributed by atoms with Gasteiger partial charge in [0.25, 0.3) is 0 Å². The first-order valence-electron chi connectivity index (χ1n) is 8.57. The zero-order valence-electron chi connectivity index (χ0n) is 16.3. The maximum absolute atomic E-state index is 12.0. The van der Waals surface area contributed by atoms with Crippen LogP contribution in [0.4, 0.5) is 4.79 Å². The van der Waals surface area contributed by atoms with E-state index < -0.39 is 6.03 Å². The molecule has 0 aromatic heterocycles. The summed E-state index contributed by atoms with van der Waals surface area (Å²) in [5, 5.41) is 8.30. The van der Waals surface area contributed by atoms with Gasteiger partial charge in [0, 0.05) is 11.1 Å². The van der Waals surface area contributed by atoms with Crippen molar-refractivity contribution in [3.63, 3.8) is 0 Å². The molecule has 0 radical (unpaired) electrons. The molecule has 0 heterocycles. The Balaban J connectivity index is 2.01. The summed E-state index contributed by atoms with van der Waals surface area (Å²) >= 11 is 0. The molecule has 0 unspecified atom stereocenters. The van der Waals surface area contributed by atoms with Crippen LogP contribution in [-0.4, -0.2) is 17.5 Å². The number of nitrogens with one attached hydrogen (secondary N) is 2. The number of carbonyl (C=O) groups is 1. The van der Waals surface area contributed by atoms with E-state index in [9.17, 15) is 4.79 Å². The highest BCUT2D eigenvalue weighted by molar-refractivity contribution is 6.01. The number of rotatable bonds is 4. The van der Waals surface area contributed by atoms with Gasteiger partial charge in [0.15, 0.2) is 0 Å². The lowest BCUT2D eigenvalue weighted by molar-refractivity contribution is 0.242. The van der Waals surface area contributed by atoms with Crippen LogP contribution in [0.1, 0.15) is 47.2 Å². The van der Waals surface area contributed by atoms with Crippen LogP contribution >= 0.6 is 0 Å². The van der Waals surface area contributed by atoms with Crippen LogP contribution in [0.15, 0.2) is 46.6 Å². The summed E-state index contributed by atoms with van der Waals surface area (Å²) in [5.74, 6) is 0. The number of hydrogen-bond donors (Lipinski definition) is 2. The van der Waals surface area contributed by atoms with Crippen LogP contribution in [0.2, 0.25) is 0 Å². The third kappa shape index (κ3) is 5.02. The number of aryl methyl sites for hydroxylation is 4. The van der Waals surface area contributed by atoms with Gasteiger partial charge in [-0.2, -0.15) is 10.2 Å². The number of amides is 2. The Kier molecular flexibility index (Phi) is 6.28. The first-order chi connectivity index (χ1) is 12.3. The molecule has 2 amide bonds. The predicted octanol–water partition coefficient (Wildman–Crippen LogP) is 4.37. The molecule has 0 fully saturated rings. The van der Waals surface area contributed by atoms with E-state index in [1.165, 1.54) is 11.1 Å². The molecule has 0 saturated heterocycles. The Morgan fingerprint density at radius 1 is 0.731 bits per heavy atom. The fourth-order valence-electron chi connectivity index (χ4n) is 2.85. The first kappa shape index (κ1) is 19.4. The summed E-state index contributed by atoms with van der Waals surface area (Å²) in [6, 6.07) is 11.8. The Labute approximate surface area is 155 Å². The summed E-state index contributed by atoms with van der Waals surface area (Å²) in [6.45, 7) is 11.9. The number of hydrazone groups is 2. The molecule has 0 aliphatic carbocycles. The Bertz CT molecular complexity index is 810. The molecular weight excluding hydrogens is 324 g/mol. The maximum Gasteiger partial charge on any atom is 0.355 e. The van der Waals surface area contributed by atoms with E-state index in [1.807, 2.05) is 65.8 Å². The molecule has 0 atom stereocenters. The molecule has 5 nitrogen and oxygen atoms in total. The highest BCUT2D eigenvalue weighted by atomic mass is 16.2. The van der Waals surface area contributed by atoms with Gasteiger partial charge in [-0.25, -0.2) is 15.6 Å². The lowest BCUT2D eigenvalue weighted by Crippen LogP contribution is -2.30. The van der Waals surface area contributed by atoms with Gasteiger partial charge in [0.2, 0.25) is 0 Å². The SMILES string of the molecule is C/C(=N\NC(=O)N/N=C(\C)c1ccc(C)cc1C)c1ccc(C)cc1C. The quantitative estimate of drug-likeness (QED) is 0.624. The minimum Gasteiger partial charge on any atom is -0.245 e. The average molecular weight is 350 g/mol. The minimum absolute atomic E-state index is 0.474. The molecule has 26 heavy (non-hydrogen) atoms. The van der Waals surface area contributed by atoms with Crippen LogP contribution in [-0.2, 0) is 0 Å². The van der Waals surface area contributed by atoms with Gasteiger partial charge >= 0.3 is 6.03 Å². The monoisotopic (exact) mass is 350 g/mol. The summed E-state index contributed by atoms with van der Waals surface area (Å²) in [6.07, 6.45) is 0.